The van der Waals surface area contributed by atoms with Crippen molar-refractivity contribution in [2.75, 3.05) is 36.0 Å². The van der Waals surface area contributed by atoms with E-state index in [1.807, 2.05) is 12.3 Å². The first kappa shape index (κ1) is 18.8. The summed E-state index contributed by atoms with van der Waals surface area (Å²) in [6, 6.07) is 6.74. The monoisotopic (exact) mass is 407 g/mol. The molecule has 2 aliphatic rings. The van der Waals surface area contributed by atoms with Gasteiger partial charge in [-0.05, 0) is 31.4 Å². The van der Waals surface area contributed by atoms with E-state index in [2.05, 4.69) is 24.8 Å². The largest absolute Gasteiger partial charge is 0.355 e. The topological polar surface area (TPSA) is 104 Å². The van der Waals surface area contributed by atoms with Crippen LogP contribution in [0.2, 0.25) is 0 Å². The lowest BCUT2D eigenvalue weighted by molar-refractivity contribution is -0.384. The summed E-state index contributed by atoms with van der Waals surface area (Å²) < 4.78 is 0. The highest BCUT2D eigenvalue weighted by Gasteiger charge is 2.23. The van der Waals surface area contributed by atoms with Gasteiger partial charge in [0.1, 0.15) is 11.6 Å². The number of anilines is 2. The highest BCUT2D eigenvalue weighted by atomic mass is 16.6. The quantitative estimate of drug-likeness (QED) is 0.520. The zero-order valence-corrected chi connectivity index (χ0v) is 16.8. The summed E-state index contributed by atoms with van der Waals surface area (Å²) in [4.78, 5) is 32.5. The van der Waals surface area contributed by atoms with Crippen molar-refractivity contribution >= 4 is 28.5 Å². The predicted octanol–water partition coefficient (Wildman–Crippen LogP) is 3.64. The van der Waals surface area contributed by atoms with Crippen LogP contribution in [-0.2, 0) is 0 Å². The number of aromatic amines is 1. The van der Waals surface area contributed by atoms with Crippen LogP contribution in [0.1, 0.15) is 43.8 Å². The molecule has 1 N–H and O–H groups in total. The average molecular weight is 407 g/mol. The van der Waals surface area contributed by atoms with Crippen molar-refractivity contribution < 1.29 is 4.92 Å². The summed E-state index contributed by atoms with van der Waals surface area (Å²) in [5, 5.41) is 11.0. The highest BCUT2D eigenvalue weighted by molar-refractivity contribution is 5.80. The molecule has 1 aromatic carbocycles. The number of fused-ring (bicyclic) bond motifs is 1. The molecule has 0 atom stereocenters. The molecule has 2 fully saturated rings. The van der Waals surface area contributed by atoms with Gasteiger partial charge in [0.25, 0.3) is 5.69 Å². The molecule has 1 aliphatic heterocycles. The van der Waals surface area contributed by atoms with Crippen molar-refractivity contribution in [3.8, 4) is 0 Å². The molecule has 1 aliphatic carbocycles. The smallest absolute Gasteiger partial charge is 0.271 e. The van der Waals surface area contributed by atoms with Crippen LogP contribution in [0.5, 0.6) is 0 Å². The van der Waals surface area contributed by atoms with Gasteiger partial charge < -0.3 is 14.8 Å². The summed E-state index contributed by atoms with van der Waals surface area (Å²) in [6.07, 6.45) is 7.82. The summed E-state index contributed by atoms with van der Waals surface area (Å²) >= 11 is 0. The Kier molecular flexibility index (Phi) is 4.94. The number of benzene rings is 1. The van der Waals surface area contributed by atoms with Crippen LogP contribution in [0.3, 0.4) is 0 Å². The number of hydrogen-bond acceptors (Lipinski definition) is 7. The third-order valence-electron chi connectivity index (χ3n) is 6.16. The Morgan fingerprint density at radius 3 is 2.63 bits per heavy atom. The second-order valence-electron chi connectivity index (χ2n) is 8.10. The number of aromatic nitrogens is 4. The number of hydrogen-bond donors (Lipinski definition) is 1. The summed E-state index contributed by atoms with van der Waals surface area (Å²) in [6.45, 7) is 3.46. The summed E-state index contributed by atoms with van der Waals surface area (Å²) in [5.74, 6) is 3.27. The first-order valence-electron chi connectivity index (χ1n) is 10.6. The van der Waals surface area contributed by atoms with E-state index < -0.39 is 0 Å². The van der Waals surface area contributed by atoms with Gasteiger partial charge in [0.05, 0.1) is 16.0 Å². The number of nitro benzene ring substituents is 1. The van der Waals surface area contributed by atoms with E-state index >= 15 is 0 Å². The third kappa shape index (κ3) is 3.67. The van der Waals surface area contributed by atoms with Gasteiger partial charge in [0, 0.05) is 50.4 Å². The Morgan fingerprint density at radius 1 is 1.00 bits per heavy atom. The van der Waals surface area contributed by atoms with Crippen molar-refractivity contribution in [3.05, 3.63) is 46.4 Å². The molecule has 9 nitrogen and oxygen atoms in total. The van der Waals surface area contributed by atoms with Crippen LogP contribution >= 0.6 is 0 Å². The maximum atomic E-state index is 11.0. The number of H-pyrrole nitrogens is 1. The Balaban J connectivity index is 1.31. The fourth-order valence-electron chi connectivity index (χ4n) is 4.53. The first-order chi connectivity index (χ1) is 14.7. The van der Waals surface area contributed by atoms with E-state index in [1.165, 1.54) is 31.7 Å². The lowest BCUT2D eigenvalue weighted by atomic mass is 10.1. The van der Waals surface area contributed by atoms with Gasteiger partial charge in [0.2, 0.25) is 5.95 Å². The zero-order chi connectivity index (χ0) is 20.5. The minimum Gasteiger partial charge on any atom is -0.355 e. The summed E-state index contributed by atoms with van der Waals surface area (Å²) in [7, 11) is 0. The third-order valence-corrected chi connectivity index (χ3v) is 6.16. The number of imidazole rings is 1. The Morgan fingerprint density at radius 2 is 1.80 bits per heavy atom. The van der Waals surface area contributed by atoms with Crippen molar-refractivity contribution in [1.29, 1.82) is 0 Å². The Hall–Kier alpha value is -3.23. The van der Waals surface area contributed by atoms with Gasteiger partial charge in [-0.3, -0.25) is 10.1 Å². The minimum absolute atomic E-state index is 0.0709. The average Bonchev–Trinajstić information content (AvgIpc) is 3.38. The van der Waals surface area contributed by atoms with E-state index in [0.29, 0.717) is 11.4 Å². The fourth-order valence-corrected chi connectivity index (χ4v) is 4.53. The van der Waals surface area contributed by atoms with Gasteiger partial charge in [0.15, 0.2) is 0 Å². The molecule has 1 saturated heterocycles. The fraction of sp³-hybridized carbons (Fsp3) is 0.476. The number of nitrogens with one attached hydrogen (secondary N) is 1. The van der Waals surface area contributed by atoms with Crippen molar-refractivity contribution in [3.63, 3.8) is 0 Å². The van der Waals surface area contributed by atoms with Crippen molar-refractivity contribution in [1.82, 2.24) is 19.9 Å². The van der Waals surface area contributed by atoms with Crippen LogP contribution in [0.25, 0.3) is 11.0 Å². The Bertz CT molecular complexity index is 1060. The summed E-state index contributed by atoms with van der Waals surface area (Å²) in [5.41, 5.74) is 1.51. The molecular formula is C21H25N7O2. The maximum Gasteiger partial charge on any atom is 0.271 e. The van der Waals surface area contributed by atoms with Gasteiger partial charge in [-0.2, -0.15) is 0 Å². The minimum atomic E-state index is -0.384. The number of nitrogens with zero attached hydrogens (tertiary/aromatic N) is 6. The molecular weight excluding hydrogens is 382 g/mol. The van der Waals surface area contributed by atoms with Gasteiger partial charge >= 0.3 is 0 Å². The van der Waals surface area contributed by atoms with E-state index in [1.54, 1.807) is 12.1 Å². The molecule has 9 heteroatoms. The van der Waals surface area contributed by atoms with Crippen molar-refractivity contribution in [2.45, 2.75) is 38.0 Å². The van der Waals surface area contributed by atoms with Crippen LogP contribution < -0.4 is 9.80 Å². The molecule has 30 heavy (non-hydrogen) atoms. The normalized spacial score (nSPS) is 18.1. The molecule has 5 rings (SSSR count). The molecule has 3 aromatic rings. The molecule has 0 spiro atoms. The SMILES string of the molecule is O=[N+]([O-])c1ccc2nc(N3CCCN(c4ccnc(C5CCCC5)n4)CC3)[nH]c2c1. The van der Waals surface area contributed by atoms with Crippen LogP contribution in [-0.4, -0.2) is 51.0 Å². The molecule has 0 unspecified atom stereocenters. The number of nitro groups is 1. The highest BCUT2D eigenvalue weighted by Crippen LogP contribution is 2.32. The molecule has 1 saturated carbocycles. The van der Waals surface area contributed by atoms with Gasteiger partial charge in [-0.25, -0.2) is 15.0 Å². The van der Waals surface area contributed by atoms with E-state index in [9.17, 15) is 10.1 Å². The molecule has 0 bridgehead atoms. The standard InChI is InChI=1S/C21H25N7O2/c29-28(30)16-6-7-17-18(14-16)24-21(23-17)27-11-3-10-26(12-13-27)19-8-9-22-20(25-19)15-4-1-2-5-15/h6-9,14-15H,1-5,10-13H2,(H,23,24). The second-order valence-corrected chi connectivity index (χ2v) is 8.10. The van der Waals surface area contributed by atoms with Crippen LogP contribution in [0.4, 0.5) is 17.5 Å². The van der Waals surface area contributed by atoms with Crippen molar-refractivity contribution in [2.24, 2.45) is 0 Å². The van der Waals surface area contributed by atoms with E-state index in [-0.39, 0.29) is 10.6 Å². The molecule has 156 valence electrons. The lowest BCUT2D eigenvalue weighted by Gasteiger charge is -2.23. The number of non-ortho nitro benzene ring substituents is 1. The molecule has 3 heterocycles. The molecule has 0 radical (unpaired) electrons. The predicted molar refractivity (Wildman–Crippen MR) is 115 cm³/mol. The number of rotatable bonds is 4. The van der Waals surface area contributed by atoms with Crippen LogP contribution in [0.15, 0.2) is 30.5 Å². The van der Waals surface area contributed by atoms with E-state index in [0.717, 1.165) is 55.7 Å². The molecule has 0 amide bonds. The lowest BCUT2D eigenvalue weighted by Crippen LogP contribution is -2.31. The zero-order valence-electron chi connectivity index (χ0n) is 16.8. The van der Waals surface area contributed by atoms with Gasteiger partial charge in [-0.1, -0.05) is 12.8 Å². The Labute approximate surface area is 174 Å². The maximum absolute atomic E-state index is 11.0. The molecule has 2 aromatic heterocycles. The van der Waals surface area contributed by atoms with E-state index in [4.69, 9.17) is 4.98 Å². The second kappa shape index (κ2) is 7.89. The first-order valence-corrected chi connectivity index (χ1v) is 10.6. The van der Waals surface area contributed by atoms with Crippen LogP contribution in [0, 0.1) is 10.1 Å². The van der Waals surface area contributed by atoms with Gasteiger partial charge in [-0.15, -0.1) is 0 Å².